The molecule has 0 aliphatic carbocycles. The smallest absolute Gasteiger partial charge is 0.150 e. The van der Waals surface area contributed by atoms with E-state index in [1.54, 1.807) is 12.1 Å². The van der Waals surface area contributed by atoms with Crippen molar-refractivity contribution in [1.82, 2.24) is 0 Å². The molecule has 0 saturated heterocycles. The molecule has 3 heteroatoms. The average molecular weight is 284 g/mol. The van der Waals surface area contributed by atoms with Crippen molar-refractivity contribution >= 4 is 34.3 Å². The van der Waals surface area contributed by atoms with Gasteiger partial charge in [-0.1, -0.05) is 66.2 Å². The van der Waals surface area contributed by atoms with Gasteiger partial charge in [-0.3, -0.25) is 4.79 Å². The van der Waals surface area contributed by atoms with Crippen LogP contribution < -0.4 is 5.73 Å². The minimum atomic E-state index is 0.618. The van der Waals surface area contributed by atoms with Crippen LogP contribution in [0.1, 0.15) is 10.4 Å². The molecule has 0 fully saturated rings. The number of anilines is 1. The molecule has 0 saturated carbocycles. The van der Waals surface area contributed by atoms with Gasteiger partial charge in [-0.2, -0.15) is 0 Å². The first kappa shape index (κ1) is 14.1. The number of benzene rings is 3. The first-order valence-electron chi connectivity index (χ1n) is 6.15. The Morgan fingerprint density at radius 2 is 1.50 bits per heavy atom. The van der Waals surface area contributed by atoms with Gasteiger partial charge in [-0.15, -0.1) is 0 Å². The molecule has 0 radical (unpaired) electrons. The zero-order valence-electron chi connectivity index (χ0n) is 10.8. The number of rotatable bonds is 1. The number of halogens is 1. The van der Waals surface area contributed by atoms with Crippen molar-refractivity contribution in [2.75, 3.05) is 5.73 Å². The van der Waals surface area contributed by atoms with E-state index in [0.717, 1.165) is 22.6 Å². The molecular formula is C17H14ClNO. The van der Waals surface area contributed by atoms with Gasteiger partial charge in [-0.25, -0.2) is 0 Å². The lowest BCUT2D eigenvalue weighted by Crippen LogP contribution is -1.82. The van der Waals surface area contributed by atoms with Gasteiger partial charge in [0, 0.05) is 5.56 Å². The summed E-state index contributed by atoms with van der Waals surface area (Å²) in [6.07, 6.45) is 0.891. The molecule has 0 unspecified atom stereocenters. The minimum absolute atomic E-state index is 0.618. The molecule has 2 N–H and O–H groups in total. The van der Waals surface area contributed by atoms with Crippen LogP contribution in [0.5, 0.6) is 0 Å². The zero-order chi connectivity index (χ0) is 14.4. The fourth-order valence-corrected chi connectivity index (χ4v) is 1.96. The number of nitrogen functional groups attached to an aromatic ring is 1. The summed E-state index contributed by atoms with van der Waals surface area (Å²) in [4.78, 5) is 10.6. The van der Waals surface area contributed by atoms with Crippen LogP contribution in [0.25, 0.3) is 10.8 Å². The molecule has 0 aromatic heterocycles. The highest BCUT2D eigenvalue weighted by Gasteiger charge is 1.96. The number of hydrogen-bond acceptors (Lipinski definition) is 2. The van der Waals surface area contributed by atoms with Gasteiger partial charge in [0.05, 0.1) is 10.7 Å². The second-order valence-electron chi connectivity index (χ2n) is 4.21. The summed E-state index contributed by atoms with van der Waals surface area (Å²) in [6.45, 7) is 0. The van der Waals surface area contributed by atoms with Crippen LogP contribution in [-0.4, -0.2) is 6.29 Å². The Morgan fingerprint density at radius 1 is 0.850 bits per heavy atom. The van der Waals surface area contributed by atoms with E-state index < -0.39 is 0 Å². The quantitative estimate of drug-likeness (QED) is 0.525. The molecule has 0 amide bonds. The van der Waals surface area contributed by atoms with Crippen LogP contribution in [-0.2, 0) is 0 Å². The lowest BCUT2D eigenvalue weighted by atomic mass is 10.1. The van der Waals surface area contributed by atoms with E-state index in [1.165, 1.54) is 0 Å². The number of fused-ring (bicyclic) bond motifs is 1. The van der Waals surface area contributed by atoms with E-state index in [9.17, 15) is 4.79 Å². The van der Waals surface area contributed by atoms with Crippen LogP contribution in [0.3, 0.4) is 0 Å². The van der Waals surface area contributed by atoms with Crippen molar-refractivity contribution < 1.29 is 4.79 Å². The van der Waals surface area contributed by atoms with E-state index in [-0.39, 0.29) is 0 Å². The monoisotopic (exact) mass is 283 g/mol. The van der Waals surface area contributed by atoms with Crippen molar-refractivity contribution in [3.63, 3.8) is 0 Å². The van der Waals surface area contributed by atoms with Crippen molar-refractivity contribution in [3.8, 4) is 0 Å². The van der Waals surface area contributed by atoms with Gasteiger partial charge in [0.2, 0.25) is 0 Å². The Labute approximate surface area is 122 Å². The van der Waals surface area contributed by atoms with E-state index >= 15 is 0 Å². The predicted octanol–water partition coefficient (Wildman–Crippen LogP) is 4.57. The van der Waals surface area contributed by atoms with Crippen molar-refractivity contribution in [2.45, 2.75) is 0 Å². The number of para-hydroxylation sites is 1. The van der Waals surface area contributed by atoms with E-state index in [2.05, 4.69) is 0 Å². The van der Waals surface area contributed by atoms with Gasteiger partial charge in [0.15, 0.2) is 6.29 Å². The first-order chi connectivity index (χ1) is 9.72. The number of carbonyl (C=O) groups excluding carboxylic acids is 1. The third-order valence-electron chi connectivity index (χ3n) is 2.86. The molecule has 2 nitrogen and oxygen atoms in total. The molecule has 100 valence electrons. The second kappa shape index (κ2) is 6.73. The third-order valence-corrected chi connectivity index (χ3v) is 3.20. The summed E-state index contributed by atoms with van der Waals surface area (Å²) in [5.41, 5.74) is 6.78. The fourth-order valence-electron chi connectivity index (χ4n) is 1.83. The molecule has 3 aromatic rings. The highest BCUT2D eigenvalue weighted by Crippen LogP contribution is 2.16. The van der Waals surface area contributed by atoms with Gasteiger partial charge >= 0.3 is 0 Å². The highest BCUT2D eigenvalue weighted by molar-refractivity contribution is 6.33. The summed E-state index contributed by atoms with van der Waals surface area (Å²) >= 11 is 5.58. The lowest BCUT2D eigenvalue weighted by molar-refractivity contribution is 0.112. The Kier molecular flexibility index (Phi) is 4.75. The van der Waals surface area contributed by atoms with E-state index in [1.807, 2.05) is 54.6 Å². The summed E-state index contributed by atoms with van der Waals surface area (Å²) in [5.74, 6) is 0. The van der Waals surface area contributed by atoms with Gasteiger partial charge in [0.1, 0.15) is 0 Å². The zero-order valence-corrected chi connectivity index (χ0v) is 11.5. The van der Waals surface area contributed by atoms with Crippen molar-refractivity contribution in [1.29, 1.82) is 0 Å². The maximum atomic E-state index is 10.6. The average Bonchev–Trinajstić information content (AvgIpc) is 2.50. The number of hydrogen-bond donors (Lipinski definition) is 1. The van der Waals surface area contributed by atoms with Crippen molar-refractivity contribution in [2.24, 2.45) is 0 Å². The van der Waals surface area contributed by atoms with Crippen LogP contribution in [0.15, 0.2) is 66.7 Å². The molecular weight excluding hydrogens is 270 g/mol. The van der Waals surface area contributed by atoms with Gasteiger partial charge in [-0.05, 0) is 22.9 Å². The van der Waals surface area contributed by atoms with Crippen molar-refractivity contribution in [3.05, 3.63) is 77.3 Å². The van der Waals surface area contributed by atoms with Gasteiger partial charge in [0.25, 0.3) is 0 Å². The summed E-state index contributed by atoms with van der Waals surface area (Å²) in [5, 5.41) is 2.75. The van der Waals surface area contributed by atoms with E-state index in [4.69, 9.17) is 17.3 Å². The Bertz CT molecular complexity index is 699. The minimum Gasteiger partial charge on any atom is -0.398 e. The molecule has 0 spiro atoms. The second-order valence-corrected chi connectivity index (χ2v) is 4.61. The van der Waals surface area contributed by atoms with Crippen LogP contribution in [0.4, 0.5) is 5.69 Å². The largest absolute Gasteiger partial charge is 0.398 e. The number of aldehydes is 1. The Morgan fingerprint density at radius 3 is 2.15 bits per heavy atom. The number of nitrogens with two attached hydrogens (primary N) is 1. The first-order valence-corrected chi connectivity index (χ1v) is 6.53. The lowest BCUT2D eigenvalue weighted by Gasteiger charge is -1.98. The summed E-state index contributed by atoms with van der Waals surface area (Å²) in [6, 6.07) is 20.8. The molecule has 0 heterocycles. The molecule has 20 heavy (non-hydrogen) atoms. The fraction of sp³-hybridized carbons (Fsp3) is 0. The molecule has 3 aromatic carbocycles. The van der Waals surface area contributed by atoms with Gasteiger partial charge < -0.3 is 5.73 Å². The molecule has 0 aliphatic rings. The summed E-state index contributed by atoms with van der Waals surface area (Å²) in [7, 11) is 0. The molecule has 0 atom stereocenters. The third kappa shape index (κ3) is 3.37. The normalized spacial score (nSPS) is 9.65. The molecule has 0 aliphatic heterocycles. The van der Waals surface area contributed by atoms with Crippen LogP contribution in [0.2, 0.25) is 5.02 Å². The predicted molar refractivity (Wildman–Crippen MR) is 85.2 cm³/mol. The topological polar surface area (TPSA) is 43.1 Å². The SMILES string of the molecule is Nc1ccccc1Cl.O=Cc1cccc2ccccc12. The maximum Gasteiger partial charge on any atom is 0.150 e. The summed E-state index contributed by atoms with van der Waals surface area (Å²) < 4.78 is 0. The maximum absolute atomic E-state index is 10.6. The Hall–Kier alpha value is -2.32. The van der Waals surface area contributed by atoms with Crippen LogP contribution >= 0.6 is 11.6 Å². The van der Waals surface area contributed by atoms with Crippen LogP contribution in [0, 0.1) is 0 Å². The van der Waals surface area contributed by atoms with E-state index in [0.29, 0.717) is 10.7 Å². The highest BCUT2D eigenvalue weighted by atomic mass is 35.5. The number of carbonyl (C=O) groups is 1. The standard InChI is InChI=1S/C11H8O.C6H6ClN/c12-8-10-6-3-5-9-4-1-2-7-11(9)10;7-5-3-1-2-4-6(5)8/h1-8H;1-4H,8H2. The molecule has 3 rings (SSSR count). The molecule has 0 bridgehead atoms. The Balaban J connectivity index is 0.000000160.